The summed E-state index contributed by atoms with van der Waals surface area (Å²) >= 11 is 0. The van der Waals surface area contributed by atoms with Crippen molar-refractivity contribution in [1.82, 2.24) is 24.3 Å². The third-order valence-electron chi connectivity index (χ3n) is 2.26. The lowest BCUT2D eigenvalue weighted by Gasteiger charge is -2.06. The summed E-state index contributed by atoms with van der Waals surface area (Å²) in [6, 6.07) is 0. The fraction of sp³-hybridized carbons (Fsp3) is 0.444. The lowest BCUT2D eigenvalue weighted by molar-refractivity contribution is 0.704. The molecule has 1 N–H and O–H groups in total. The number of rotatable bonds is 4. The standard InChI is InChI=1S/C9H14N6/c1-3-15-7-12-13-8(15)6-11-9-10-4-5-14(9)2/h4-5,7H,3,6H2,1-2H3,(H,10,11). The van der Waals surface area contributed by atoms with Gasteiger partial charge in [0, 0.05) is 26.0 Å². The number of hydrogen-bond donors (Lipinski definition) is 1. The van der Waals surface area contributed by atoms with Crippen LogP contribution in [0.2, 0.25) is 0 Å². The Morgan fingerprint density at radius 1 is 1.47 bits per heavy atom. The topological polar surface area (TPSA) is 60.6 Å². The number of nitrogens with one attached hydrogen (secondary N) is 1. The third kappa shape index (κ3) is 1.98. The molecule has 0 radical (unpaired) electrons. The molecule has 2 rings (SSSR count). The Morgan fingerprint density at radius 2 is 2.33 bits per heavy atom. The summed E-state index contributed by atoms with van der Waals surface area (Å²) in [7, 11) is 1.94. The molecule has 0 aromatic carbocycles. The fourth-order valence-electron chi connectivity index (χ4n) is 1.37. The second kappa shape index (κ2) is 4.12. The van der Waals surface area contributed by atoms with E-state index in [-0.39, 0.29) is 0 Å². The minimum atomic E-state index is 0.638. The van der Waals surface area contributed by atoms with Crippen LogP contribution in [0.25, 0.3) is 0 Å². The molecule has 0 bridgehead atoms. The number of nitrogens with zero attached hydrogens (tertiary/aromatic N) is 5. The minimum absolute atomic E-state index is 0.638. The van der Waals surface area contributed by atoms with E-state index in [1.165, 1.54) is 0 Å². The van der Waals surface area contributed by atoms with Gasteiger partial charge in [0.1, 0.15) is 6.33 Å². The van der Waals surface area contributed by atoms with Crippen molar-refractivity contribution in [1.29, 1.82) is 0 Å². The zero-order valence-corrected chi connectivity index (χ0v) is 8.88. The predicted molar refractivity (Wildman–Crippen MR) is 56.2 cm³/mol. The maximum Gasteiger partial charge on any atom is 0.202 e. The number of aromatic nitrogens is 5. The van der Waals surface area contributed by atoms with Crippen LogP contribution >= 0.6 is 0 Å². The second-order valence-electron chi connectivity index (χ2n) is 3.25. The van der Waals surface area contributed by atoms with Crippen LogP contribution in [-0.2, 0) is 20.1 Å². The molecular weight excluding hydrogens is 192 g/mol. The number of hydrogen-bond acceptors (Lipinski definition) is 4. The zero-order valence-electron chi connectivity index (χ0n) is 8.88. The molecule has 6 heteroatoms. The minimum Gasteiger partial charge on any atom is -0.348 e. The highest BCUT2D eigenvalue weighted by Gasteiger charge is 2.03. The van der Waals surface area contributed by atoms with Gasteiger partial charge in [-0.25, -0.2) is 4.98 Å². The largest absolute Gasteiger partial charge is 0.348 e. The van der Waals surface area contributed by atoms with Gasteiger partial charge in [-0.3, -0.25) is 0 Å². The van der Waals surface area contributed by atoms with Crippen LogP contribution < -0.4 is 5.32 Å². The van der Waals surface area contributed by atoms with Gasteiger partial charge in [-0.15, -0.1) is 10.2 Å². The molecule has 0 fully saturated rings. The molecule has 0 spiro atoms. The molecule has 80 valence electrons. The number of aryl methyl sites for hydroxylation is 2. The quantitative estimate of drug-likeness (QED) is 0.797. The van der Waals surface area contributed by atoms with Crippen LogP contribution in [0, 0.1) is 0 Å². The van der Waals surface area contributed by atoms with E-state index in [9.17, 15) is 0 Å². The summed E-state index contributed by atoms with van der Waals surface area (Å²) in [6.07, 6.45) is 5.38. The first-order chi connectivity index (χ1) is 7.31. The van der Waals surface area contributed by atoms with Gasteiger partial charge in [-0.2, -0.15) is 0 Å². The highest BCUT2D eigenvalue weighted by Crippen LogP contribution is 2.03. The summed E-state index contributed by atoms with van der Waals surface area (Å²) in [5, 5.41) is 11.1. The van der Waals surface area contributed by atoms with E-state index in [0.29, 0.717) is 6.54 Å². The summed E-state index contributed by atoms with van der Waals surface area (Å²) < 4.78 is 3.92. The summed E-state index contributed by atoms with van der Waals surface area (Å²) in [5.74, 6) is 1.75. The van der Waals surface area contributed by atoms with Crippen LogP contribution in [0.5, 0.6) is 0 Å². The van der Waals surface area contributed by atoms with E-state index in [4.69, 9.17) is 0 Å². The van der Waals surface area contributed by atoms with E-state index in [2.05, 4.69) is 27.4 Å². The van der Waals surface area contributed by atoms with Crippen molar-refractivity contribution in [3.63, 3.8) is 0 Å². The average Bonchev–Trinajstić information content (AvgIpc) is 2.83. The van der Waals surface area contributed by atoms with Crippen molar-refractivity contribution >= 4 is 5.95 Å². The van der Waals surface area contributed by atoms with E-state index in [1.807, 2.05) is 22.4 Å². The van der Waals surface area contributed by atoms with Crippen LogP contribution in [-0.4, -0.2) is 24.3 Å². The molecule has 2 aromatic heterocycles. The first-order valence-electron chi connectivity index (χ1n) is 4.89. The van der Waals surface area contributed by atoms with Gasteiger partial charge >= 0.3 is 0 Å². The van der Waals surface area contributed by atoms with E-state index < -0.39 is 0 Å². The molecule has 0 atom stereocenters. The van der Waals surface area contributed by atoms with Gasteiger partial charge in [0.05, 0.1) is 6.54 Å². The average molecular weight is 206 g/mol. The molecule has 0 aliphatic heterocycles. The molecule has 0 unspecified atom stereocenters. The fourth-order valence-corrected chi connectivity index (χ4v) is 1.37. The smallest absolute Gasteiger partial charge is 0.202 e. The second-order valence-corrected chi connectivity index (χ2v) is 3.25. The van der Waals surface area contributed by atoms with Crippen LogP contribution in [0.3, 0.4) is 0 Å². The van der Waals surface area contributed by atoms with Crippen molar-refractivity contribution in [2.45, 2.75) is 20.0 Å². The van der Waals surface area contributed by atoms with E-state index in [0.717, 1.165) is 18.3 Å². The highest BCUT2D eigenvalue weighted by atomic mass is 15.3. The Morgan fingerprint density at radius 3 is 3.00 bits per heavy atom. The molecule has 0 saturated heterocycles. The number of anilines is 1. The zero-order chi connectivity index (χ0) is 10.7. The van der Waals surface area contributed by atoms with Gasteiger partial charge < -0.3 is 14.5 Å². The van der Waals surface area contributed by atoms with E-state index in [1.54, 1.807) is 12.5 Å². The summed E-state index contributed by atoms with van der Waals surface area (Å²) in [6.45, 7) is 3.58. The van der Waals surface area contributed by atoms with Gasteiger partial charge in [0.25, 0.3) is 0 Å². The van der Waals surface area contributed by atoms with Crippen LogP contribution in [0.15, 0.2) is 18.7 Å². The highest BCUT2D eigenvalue weighted by molar-refractivity contribution is 5.25. The molecule has 2 aromatic rings. The van der Waals surface area contributed by atoms with Crippen molar-refractivity contribution < 1.29 is 0 Å². The predicted octanol–water partition coefficient (Wildman–Crippen LogP) is 0.644. The monoisotopic (exact) mass is 206 g/mol. The molecule has 6 nitrogen and oxygen atoms in total. The Balaban J connectivity index is 2.02. The van der Waals surface area contributed by atoms with Gasteiger partial charge in [-0.1, -0.05) is 0 Å². The molecule has 0 aliphatic carbocycles. The van der Waals surface area contributed by atoms with Gasteiger partial charge in [0.2, 0.25) is 5.95 Å². The molecule has 0 aliphatic rings. The van der Waals surface area contributed by atoms with Gasteiger partial charge in [-0.05, 0) is 6.92 Å². The van der Waals surface area contributed by atoms with Crippen molar-refractivity contribution in [2.75, 3.05) is 5.32 Å². The van der Waals surface area contributed by atoms with E-state index >= 15 is 0 Å². The Kier molecular flexibility index (Phi) is 2.66. The van der Waals surface area contributed by atoms with Crippen molar-refractivity contribution in [2.24, 2.45) is 7.05 Å². The Bertz CT molecular complexity index is 429. The normalized spacial score (nSPS) is 10.5. The molecule has 2 heterocycles. The molecule has 0 amide bonds. The van der Waals surface area contributed by atoms with Crippen LogP contribution in [0.4, 0.5) is 5.95 Å². The molecule has 0 saturated carbocycles. The SMILES string of the molecule is CCn1cnnc1CNc1nccn1C. The summed E-state index contributed by atoms with van der Waals surface area (Å²) in [5.41, 5.74) is 0. The number of imidazole rings is 1. The maximum atomic E-state index is 4.17. The molecule has 15 heavy (non-hydrogen) atoms. The Labute approximate surface area is 88.0 Å². The van der Waals surface area contributed by atoms with Gasteiger partial charge in [0.15, 0.2) is 5.82 Å². The van der Waals surface area contributed by atoms with Crippen LogP contribution in [0.1, 0.15) is 12.7 Å². The first kappa shape index (κ1) is 9.70. The Hall–Kier alpha value is -1.85. The summed E-state index contributed by atoms with van der Waals surface area (Å²) in [4.78, 5) is 4.17. The first-order valence-corrected chi connectivity index (χ1v) is 4.89. The molecular formula is C9H14N6. The van der Waals surface area contributed by atoms with Crippen molar-refractivity contribution in [3.8, 4) is 0 Å². The maximum absolute atomic E-state index is 4.17. The lowest BCUT2D eigenvalue weighted by Crippen LogP contribution is -2.10. The van der Waals surface area contributed by atoms with Crippen molar-refractivity contribution in [3.05, 3.63) is 24.5 Å². The third-order valence-corrected chi connectivity index (χ3v) is 2.26. The lowest BCUT2D eigenvalue weighted by atomic mass is 10.5.